The predicted octanol–water partition coefficient (Wildman–Crippen LogP) is 1.49. The van der Waals surface area contributed by atoms with Crippen molar-refractivity contribution in [3.05, 3.63) is 54.6 Å². The molecule has 4 rings (SSSR count). The fourth-order valence-electron chi connectivity index (χ4n) is 3.26. The zero-order chi connectivity index (χ0) is 17.2. The number of aliphatic imine (C=N–C) groups is 1. The van der Waals surface area contributed by atoms with Crippen molar-refractivity contribution >= 4 is 11.5 Å². The van der Waals surface area contributed by atoms with Crippen LogP contribution in [0.15, 0.2) is 54.1 Å². The summed E-state index contributed by atoms with van der Waals surface area (Å²) < 4.78 is 7.41. The lowest BCUT2D eigenvalue weighted by molar-refractivity contribution is 0.276. The summed E-state index contributed by atoms with van der Waals surface area (Å²) in [5.41, 5.74) is 8.02. The Balaban J connectivity index is 1.64. The number of hydrogen-bond acceptors (Lipinski definition) is 6. The molecule has 1 saturated heterocycles. The van der Waals surface area contributed by atoms with Gasteiger partial charge in [-0.3, -0.25) is 4.68 Å². The Bertz CT molecular complexity index is 807. The highest BCUT2D eigenvalue weighted by atomic mass is 16.5. The van der Waals surface area contributed by atoms with E-state index in [-0.39, 0.29) is 6.04 Å². The minimum absolute atomic E-state index is 0.123. The van der Waals surface area contributed by atoms with Crippen LogP contribution in [0.1, 0.15) is 18.0 Å². The molecule has 0 aliphatic carbocycles. The van der Waals surface area contributed by atoms with Gasteiger partial charge in [0.15, 0.2) is 0 Å². The Morgan fingerprint density at radius 3 is 3.00 bits per heavy atom. The van der Waals surface area contributed by atoms with Gasteiger partial charge >= 0.3 is 0 Å². The van der Waals surface area contributed by atoms with Crippen molar-refractivity contribution < 1.29 is 4.74 Å². The molecule has 2 aliphatic heterocycles. The average molecular weight is 338 g/mol. The average Bonchev–Trinajstić information content (AvgIpc) is 3.07. The lowest BCUT2D eigenvalue weighted by atomic mass is 9.92. The molecule has 0 radical (unpaired) electrons. The van der Waals surface area contributed by atoms with E-state index in [1.165, 1.54) is 5.56 Å². The third-order valence-corrected chi connectivity index (χ3v) is 4.70. The van der Waals surface area contributed by atoms with E-state index >= 15 is 0 Å². The summed E-state index contributed by atoms with van der Waals surface area (Å²) in [6.07, 6.45) is 8.69. The fourth-order valence-corrected chi connectivity index (χ4v) is 3.26. The Morgan fingerprint density at radius 1 is 1.40 bits per heavy atom. The molecular weight excluding hydrogens is 316 g/mol. The first-order chi connectivity index (χ1) is 12.2. The van der Waals surface area contributed by atoms with Gasteiger partial charge in [-0.05, 0) is 30.7 Å². The predicted molar refractivity (Wildman–Crippen MR) is 97.9 cm³/mol. The molecule has 3 N–H and O–H groups in total. The molecule has 2 atom stereocenters. The molecule has 3 heterocycles. The van der Waals surface area contributed by atoms with Crippen molar-refractivity contribution in [2.45, 2.75) is 18.5 Å². The van der Waals surface area contributed by atoms with Crippen LogP contribution in [0.5, 0.6) is 5.75 Å². The summed E-state index contributed by atoms with van der Waals surface area (Å²) >= 11 is 0. The highest BCUT2D eigenvalue weighted by molar-refractivity contribution is 5.87. The molecule has 7 heteroatoms. The minimum Gasteiger partial charge on any atom is -0.497 e. The number of nitrogens with two attached hydrogens (primary N) is 1. The number of anilines is 1. The first-order valence-corrected chi connectivity index (χ1v) is 8.41. The zero-order valence-corrected chi connectivity index (χ0v) is 14.2. The third-order valence-electron chi connectivity index (χ3n) is 4.70. The molecule has 130 valence electrons. The van der Waals surface area contributed by atoms with Crippen molar-refractivity contribution in [3.8, 4) is 5.75 Å². The molecule has 2 aromatic rings. The second-order valence-electron chi connectivity index (χ2n) is 6.30. The summed E-state index contributed by atoms with van der Waals surface area (Å²) in [6.45, 7) is 1.62. The Labute approximate surface area is 146 Å². The van der Waals surface area contributed by atoms with Gasteiger partial charge in [0.25, 0.3) is 0 Å². The Morgan fingerprint density at radius 2 is 2.28 bits per heavy atom. The van der Waals surface area contributed by atoms with Crippen LogP contribution < -0.4 is 20.7 Å². The van der Waals surface area contributed by atoms with Crippen molar-refractivity contribution in [3.63, 3.8) is 0 Å². The van der Waals surface area contributed by atoms with Crippen molar-refractivity contribution in [1.82, 2.24) is 15.1 Å². The SMILES string of the molecule is COc1cccc(C([C@H]2CCN2)n2cc(N3C=CN=C(N)C3)cn2)c1. The van der Waals surface area contributed by atoms with E-state index in [9.17, 15) is 0 Å². The second-order valence-corrected chi connectivity index (χ2v) is 6.30. The van der Waals surface area contributed by atoms with Gasteiger partial charge in [-0.2, -0.15) is 5.10 Å². The topological polar surface area (TPSA) is 80.7 Å². The van der Waals surface area contributed by atoms with Gasteiger partial charge in [-0.25, -0.2) is 4.99 Å². The summed E-state index contributed by atoms with van der Waals surface area (Å²) in [4.78, 5) is 6.13. The fraction of sp³-hybridized carbons (Fsp3) is 0.333. The molecular formula is C18H22N6O. The lowest BCUT2D eigenvalue weighted by Gasteiger charge is -2.35. The maximum atomic E-state index is 5.84. The quantitative estimate of drug-likeness (QED) is 0.863. The van der Waals surface area contributed by atoms with Gasteiger partial charge in [-0.15, -0.1) is 0 Å². The van der Waals surface area contributed by atoms with Crippen molar-refractivity contribution in [1.29, 1.82) is 0 Å². The van der Waals surface area contributed by atoms with E-state index < -0.39 is 0 Å². The minimum atomic E-state index is 0.123. The zero-order valence-electron chi connectivity index (χ0n) is 14.2. The first kappa shape index (κ1) is 15.7. The third kappa shape index (κ3) is 3.10. The van der Waals surface area contributed by atoms with Gasteiger partial charge in [0, 0.05) is 24.6 Å². The molecule has 0 bridgehead atoms. The Kier molecular flexibility index (Phi) is 4.15. The molecule has 7 nitrogen and oxygen atoms in total. The van der Waals surface area contributed by atoms with E-state index in [4.69, 9.17) is 10.5 Å². The van der Waals surface area contributed by atoms with Crippen LogP contribution >= 0.6 is 0 Å². The number of ether oxygens (including phenoxy) is 1. The number of amidine groups is 1. The first-order valence-electron chi connectivity index (χ1n) is 8.41. The molecule has 1 aromatic heterocycles. The largest absolute Gasteiger partial charge is 0.497 e. The van der Waals surface area contributed by atoms with Crippen LogP contribution in [0.25, 0.3) is 0 Å². The van der Waals surface area contributed by atoms with Gasteiger partial charge in [0.05, 0.1) is 31.6 Å². The molecule has 0 amide bonds. The summed E-state index contributed by atoms with van der Waals surface area (Å²) in [6, 6.07) is 8.68. The standard InChI is InChI=1S/C18H22N6O/c1-25-15-4-2-3-13(9-15)18(16-5-6-20-16)24-11-14(10-22-24)23-8-7-21-17(19)12-23/h2-4,7-11,16,18,20H,5-6,12H2,1H3,(H2,19,21)/t16-,18?/m1/s1. The van der Waals surface area contributed by atoms with Gasteiger partial charge in [-0.1, -0.05) is 12.1 Å². The molecule has 1 fully saturated rings. The van der Waals surface area contributed by atoms with Crippen LogP contribution in [0.4, 0.5) is 5.69 Å². The Hall–Kier alpha value is -2.80. The van der Waals surface area contributed by atoms with Crippen molar-refractivity contribution in [2.24, 2.45) is 10.7 Å². The van der Waals surface area contributed by atoms with Crippen LogP contribution in [-0.4, -0.2) is 41.9 Å². The summed E-state index contributed by atoms with van der Waals surface area (Å²) in [5.74, 6) is 1.46. The van der Waals surface area contributed by atoms with Crippen LogP contribution in [-0.2, 0) is 0 Å². The number of rotatable bonds is 5. The molecule has 1 unspecified atom stereocenters. The van der Waals surface area contributed by atoms with Crippen LogP contribution in [0, 0.1) is 0 Å². The molecule has 0 spiro atoms. The van der Waals surface area contributed by atoms with Crippen LogP contribution in [0.3, 0.4) is 0 Å². The van der Waals surface area contributed by atoms with E-state index in [1.54, 1.807) is 13.3 Å². The van der Waals surface area contributed by atoms with Gasteiger partial charge < -0.3 is 20.7 Å². The van der Waals surface area contributed by atoms with E-state index in [0.717, 1.165) is 24.4 Å². The van der Waals surface area contributed by atoms with E-state index in [0.29, 0.717) is 18.4 Å². The highest BCUT2D eigenvalue weighted by Crippen LogP contribution is 2.30. The smallest absolute Gasteiger partial charge is 0.119 e. The number of aromatic nitrogens is 2. The normalized spacial score (nSPS) is 20.8. The maximum Gasteiger partial charge on any atom is 0.119 e. The number of nitrogens with zero attached hydrogens (tertiary/aromatic N) is 4. The lowest BCUT2D eigenvalue weighted by Crippen LogP contribution is -2.49. The molecule has 1 aromatic carbocycles. The molecule has 25 heavy (non-hydrogen) atoms. The van der Waals surface area contributed by atoms with Gasteiger partial charge in [0.2, 0.25) is 0 Å². The van der Waals surface area contributed by atoms with Crippen molar-refractivity contribution in [2.75, 3.05) is 25.1 Å². The molecule has 0 saturated carbocycles. The van der Waals surface area contributed by atoms with Crippen LogP contribution in [0.2, 0.25) is 0 Å². The molecule has 2 aliphatic rings. The highest BCUT2D eigenvalue weighted by Gasteiger charge is 2.30. The number of benzene rings is 1. The van der Waals surface area contributed by atoms with Gasteiger partial charge in [0.1, 0.15) is 11.6 Å². The number of nitrogens with one attached hydrogen (secondary N) is 1. The van der Waals surface area contributed by atoms with E-state index in [2.05, 4.69) is 33.7 Å². The summed E-state index contributed by atoms with van der Waals surface area (Å²) in [5, 5.41) is 8.14. The van der Waals surface area contributed by atoms with E-state index in [1.807, 2.05) is 34.1 Å². The summed E-state index contributed by atoms with van der Waals surface area (Å²) in [7, 11) is 1.69. The number of methoxy groups -OCH3 is 1. The second kappa shape index (κ2) is 6.60. The number of hydrogen-bond donors (Lipinski definition) is 2. The monoisotopic (exact) mass is 338 g/mol. The maximum absolute atomic E-state index is 5.84.